The molecule has 1 amide bonds. The maximum Gasteiger partial charge on any atom is 0.342 e. The van der Waals surface area contributed by atoms with Crippen LogP contribution in [0.4, 0.5) is 4.39 Å². The van der Waals surface area contributed by atoms with Crippen LogP contribution in [0.3, 0.4) is 0 Å². The number of ether oxygens (including phenoxy) is 2. The van der Waals surface area contributed by atoms with E-state index in [1.165, 1.54) is 25.3 Å². The van der Waals surface area contributed by atoms with Gasteiger partial charge < -0.3 is 14.8 Å². The molecule has 0 aliphatic carbocycles. The summed E-state index contributed by atoms with van der Waals surface area (Å²) in [6, 6.07) is 10.4. The number of hydrogen-bond acceptors (Lipinski definition) is 4. The standard InChI is InChI=1S/C17H15ClFNO4/c1-23-15-5-3-2-4-13(15)17(22)24-10-16(21)20-9-11-6-7-12(19)8-14(11)18/h2-8H,9-10H2,1H3,(H,20,21). The summed E-state index contributed by atoms with van der Waals surface area (Å²) >= 11 is 5.86. The molecule has 0 heterocycles. The lowest BCUT2D eigenvalue weighted by Crippen LogP contribution is -2.28. The van der Waals surface area contributed by atoms with Gasteiger partial charge in [-0.25, -0.2) is 9.18 Å². The van der Waals surface area contributed by atoms with Gasteiger partial charge in [0.1, 0.15) is 17.1 Å². The highest BCUT2D eigenvalue weighted by molar-refractivity contribution is 6.31. The SMILES string of the molecule is COc1ccccc1C(=O)OCC(=O)NCc1ccc(F)cc1Cl. The lowest BCUT2D eigenvalue weighted by atomic mass is 10.2. The molecule has 2 aromatic rings. The van der Waals surface area contributed by atoms with Crippen LogP contribution in [0.25, 0.3) is 0 Å². The second-order valence-corrected chi connectivity index (χ2v) is 5.20. The lowest BCUT2D eigenvalue weighted by molar-refractivity contribution is -0.124. The molecule has 0 radical (unpaired) electrons. The lowest BCUT2D eigenvalue weighted by Gasteiger charge is -2.09. The van der Waals surface area contributed by atoms with Gasteiger partial charge in [-0.2, -0.15) is 0 Å². The van der Waals surface area contributed by atoms with Gasteiger partial charge in [0.2, 0.25) is 0 Å². The Balaban J connectivity index is 1.85. The molecule has 0 bridgehead atoms. The normalized spacial score (nSPS) is 10.1. The average Bonchev–Trinajstić information content (AvgIpc) is 2.58. The van der Waals surface area contributed by atoms with Gasteiger partial charge in [-0.15, -0.1) is 0 Å². The molecule has 0 spiro atoms. The summed E-state index contributed by atoms with van der Waals surface area (Å²) < 4.78 is 22.9. The van der Waals surface area contributed by atoms with Crippen LogP contribution in [0.5, 0.6) is 5.75 Å². The topological polar surface area (TPSA) is 64.6 Å². The molecule has 0 fully saturated rings. The van der Waals surface area contributed by atoms with Crippen molar-refractivity contribution in [1.29, 1.82) is 0 Å². The monoisotopic (exact) mass is 351 g/mol. The minimum Gasteiger partial charge on any atom is -0.496 e. The number of carbonyl (C=O) groups excluding carboxylic acids is 2. The molecule has 0 aliphatic heterocycles. The van der Waals surface area contributed by atoms with Gasteiger partial charge in [-0.1, -0.05) is 29.8 Å². The number of hydrogen-bond donors (Lipinski definition) is 1. The number of amides is 1. The fourth-order valence-electron chi connectivity index (χ4n) is 1.93. The Labute approximate surface area is 143 Å². The van der Waals surface area contributed by atoms with Crippen molar-refractivity contribution in [3.05, 3.63) is 64.4 Å². The van der Waals surface area contributed by atoms with Gasteiger partial charge in [0.25, 0.3) is 5.91 Å². The number of halogens is 2. The van der Waals surface area contributed by atoms with E-state index in [0.29, 0.717) is 11.3 Å². The van der Waals surface area contributed by atoms with Crippen LogP contribution in [0.1, 0.15) is 15.9 Å². The summed E-state index contributed by atoms with van der Waals surface area (Å²) in [7, 11) is 1.44. The summed E-state index contributed by atoms with van der Waals surface area (Å²) in [4.78, 5) is 23.7. The Kier molecular flexibility index (Phi) is 6.14. The zero-order valence-corrected chi connectivity index (χ0v) is 13.6. The van der Waals surface area contributed by atoms with Crippen molar-refractivity contribution >= 4 is 23.5 Å². The smallest absolute Gasteiger partial charge is 0.342 e. The molecule has 7 heteroatoms. The van der Waals surface area contributed by atoms with E-state index in [0.717, 1.165) is 6.07 Å². The number of nitrogens with one attached hydrogen (secondary N) is 1. The summed E-state index contributed by atoms with van der Waals surface area (Å²) in [5.74, 6) is -1.26. The molecule has 24 heavy (non-hydrogen) atoms. The van der Waals surface area contributed by atoms with Crippen molar-refractivity contribution < 1.29 is 23.5 Å². The van der Waals surface area contributed by atoms with Crippen LogP contribution < -0.4 is 10.1 Å². The summed E-state index contributed by atoms with van der Waals surface area (Å²) in [6.45, 7) is -0.347. The van der Waals surface area contributed by atoms with Gasteiger partial charge >= 0.3 is 5.97 Å². The Morgan fingerprint density at radius 2 is 1.96 bits per heavy atom. The van der Waals surface area contributed by atoms with Crippen LogP contribution in [0.2, 0.25) is 5.02 Å². The van der Waals surface area contributed by atoms with Crippen LogP contribution in [0, 0.1) is 5.82 Å². The van der Waals surface area contributed by atoms with E-state index in [1.54, 1.807) is 18.2 Å². The Bertz CT molecular complexity index is 751. The number of carbonyl (C=O) groups is 2. The van der Waals surface area contributed by atoms with Crippen LogP contribution >= 0.6 is 11.6 Å². The first-order valence-corrected chi connectivity index (χ1v) is 7.40. The van der Waals surface area contributed by atoms with E-state index in [4.69, 9.17) is 21.1 Å². The van der Waals surface area contributed by atoms with E-state index in [2.05, 4.69) is 5.32 Å². The minimum atomic E-state index is -0.664. The van der Waals surface area contributed by atoms with Crippen LogP contribution in [-0.4, -0.2) is 25.6 Å². The maximum absolute atomic E-state index is 12.9. The zero-order valence-electron chi connectivity index (χ0n) is 12.8. The molecule has 126 valence electrons. The third-order valence-electron chi connectivity index (χ3n) is 3.15. The molecule has 0 unspecified atom stereocenters. The van der Waals surface area contributed by atoms with Crippen molar-refractivity contribution in [3.8, 4) is 5.75 Å². The molecule has 2 aromatic carbocycles. The van der Waals surface area contributed by atoms with Crippen molar-refractivity contribution in [3.63, 3.8) is 0 Å². The zero-order chi connectivity index (χ0) is 17.5. The molecular formula is C17H15ClFNO4. The first kappa shape index (κ1) is 17.7. The summed E-state index contributed by atoms with van der Waals surface area (Å²) in [5, 5.41) is 2.75. The van der Waals surface area contributed by atoms with Crippen LogP contribution in [0.15, 0.2) is 42.5 Å². The highest BCUT2D eigenvalue weighted by Gasteiger charge is 2.14. The van der Waals surface area contributed by atoms with E-state index in [1.807, 2.05) is 0 Å². The molecule has 1 N–H and O–H groups in total. The first-order chi connectivity index (χ1) is 11.5. The van der Waals surface area contributed by atoms with Crippen molar-refractivity contribution in [1.82, 2.24) is 5.32 Å². The third kappa shape index (κ3) is 4.70. The van der Waals surface area contributed by atoms with Gasteiger partial charge in [0.05, 0.1) is 7.11 Å². The highest BCUT2D eigenvalue weighted by Crippen LogP contribution is 2.18. The Hall–Kier alpha value is -2.60. The first-order valence-electron chi connectivity index (χ1n) is 7.02. The number of benzene rings is 2. The number of rotatable bonds is 6. The predicted molar refractivity (Wildman–Crippen MR) is 86.5 cm³/mol. The summed E-state index contributed by atoms with van der Waals surface area (Å²) in [6.07, 6.45) is 0. The molecule has 0 aromatic heterocycles. The maximum atomic E-state index is 12.9. The van der Waals surface area contributed by atoms with Gasteiger partial charge in [0.15, 0.2) is 6.61 Å². The second kappa shape index (κ2) is 8.31. The second-order valence-electron chi connectivity index (χ2n) is 4.79. The van der Waals surface area contributed by atoms with Gasteiger partial charge in [-0.05, 0) is 29.8 Å². The van der Waals surface area contributed by atoms with E-state index in [9.17, 15) is 14.0 Å². The fourth-order valence-corrected chi connectivity index (χ4v) is 2.17. The van der Waals surface area contributed by atoms with Crippen molar-refractivity contribution in [2.45, 2.75) is 6.54 Å². The molecule has 0 aliphatic rings. The number of methoxy groups -OCH3 is 1. The van der Waals surface area contributed by atoms with Crippen molar-refractivity contribution in [2.24, 2.45) is 0 Å². The van der Waals surface area contributed by atoms with Gasteiger partial charge in [0, 0.05) is 11.6 Å². The molecule has 0 atom stereocenters. The molecule has 5 nitrogen and oxygen atoms in total. The molecular weight excluding hydrogens is 337 g/mol. The average molecular weight is 352 g/mol. The van der Waals surface area contributed by atoms with Crippen LogP contribution in [-0.2, 0) is 16.1 Å². The largest absolute Gasteiger partial charge is 0.496 e. The molecule has 0 saturated heterocycles. The fraction of sp³-hybridized carbons (Fsp3) is 0.176. The third-order valence-corrected chi connectivity index (χ3v) is 3.50. The predicted octanol–water partition coefficient (Wildman–Crippen LogP) is 2.96. The van der Waals surface area contributed by atoms with Gasteiger partial charge in [-0.3, -0.25) is 4.79 Å². The van der Waals surface area contributed by atoms with E-state index < -0.39 is 24.3 Å². The molecule has 2 rings (SSSR count). The summed E-state index contributed by atoms with van der Waals surface area (Å²) in [5.41, 5.74) is 0.789. The van der Waals surface area contributed by atoms with E-state index in [-0.39, 0.29) is 17.1 Å². The minimum absolute atomic E-state index is 0.101. The van der Waals surface area contributed by atoms with E-state index >= 15 is 0 Å². The Morgan fingerprint density at radius 3 is 2.67 bits per heavy atom. The number of para-hydroxylation sites is 1. The molecule has 0 saturated carbocycles. The Morgan fingerprint density at radius 1 is 1.21 bits per heavy atom. The quantitative estimate of drug-likeness (QED) is 0.813. The highest BCUT2D eigenvalue weighted by atomic mass is 35.5. The number of esters is 1. The van der Waals surface area contributed by atoms with Crippen molar-refractivity contribution in [2.75, 3.05) is 13.7 Å².